The quantitative estimate of drug-likeness (QED) is 0.478. The summed E-state index contributed by atoms with van der Waals surface area (Å²) in [6, 6.07) is 0. The number of fused-ring (bicyclic) bond motifs is 5. The highest BCUT2D eigenvalue weighted by Gasteiger charge is 2.69. The molecule has 4 rings (SSSR count). The van der Waals surface area contributed by atoms with E-state index in [0.29, 0.717) is 38.5 Å². The number of Topliss-reactive ketones (excluding diaryl/α,β-unsaturated/α-hetero) is 1. The fourth-order valence-electron chi connectivity index (χ4n) is 8.00. The van der Waals surface area contributed by atoms with Gasteiger partial charge in [0.05, 0.1) is 18.3 Å². The summed E-state index contributed by atoms with van der Waals surface area (Å²) < 4.78 is 0. The second-order valence-electron chi connectivity index (χ2n) is 10.3. The van der Waals surface area contributed by atoms with E-state index in [0.717, 1.165) is 6.42 Å². The summed E-state index contributed by atoms with van der Waals surface area (Å²) >= 11 is 0. The Hall–Kier alpha value is -0.530. The highest BCUT2D eigenvalue weighted by Crippen LogP contribution is 2.68. The van der Waals surface area contributed by atoms with E-state index >= 15 is 0 Å². The van der Waals surface area contributed by atoms with Crippen LogP contribution in [-0.4, -0.2) is 61.8 Å². The molecular weight excluding hydrogens is 348 g/mol. The van der Waals surface area contributed by atoms with Crippen LogP contribution in [0.2, 0.25) is 0 Å². The van der Waals surface area contributed by atoms with Crippen LogP contribution in [-0.2, 0) is 4.79 Å². The van der Waals surface area contributed by atoms with E-state index in [-0.39, 0.29) is 35.2 Å². The largest absolute Gasteiger partial charge is 0.393 e. The second kappa shape index (κ2) is 6.23. The molecule has 4 saturated carbocycles. The van der Waals surface area contributed by atoms with Crippen molar-refractivity contribution in [2.45, 2.75) is 82.7 Å². The molecule has 0 aromatic heterocycles. The number of hydrogen-bond donors (Lipinski definition) is 5. The first-order chi connectivity index (χ1) is 12.6. The molecule has 0 bridgehead atoms. The third kappa shape index (κ3) is 2.46. The van der Waals surface area contributed by atoms with Gasteiger partial charge < -0.3 is 25.5 Å². The van der Waals surface area contributed by atoms with E-state index in [1.807, 2.05) is 6.92 Å². The number of rotatable bonds is 2. The Bertz CT molecular complexity index is 624. The molecule has 10 unspecified atom stereocenters. The van der Waals surface area contributed by atoms with Crippen molar-refractivity contribution < 1.29 is 30.3 Å². The van der Waals surface area contributed by atoms with Crippen LogP contribution in [0.4, 0.5) is 0 Å². The Balaban J connectivity index is 1.72. The zero-order valence-corrected chi connectivity index (χ0v) is 16.3. The molecule has 4 aliphatic rings. The maximum atomic E-state index is 12.4. The molecule has 4 aliphatic carbocycles. The molecular formula is C21H34O6. The Morgan fingerprint density at radius 3 is 2.37 bits per heavy atom. The summed E-state index contributed by atoms with van der Waals surface area (Å²) in [5.41, 5.74) is -2.64. The summed E-state index contributed by atoms with van der Waals surface area (Å²) in [5.74, 6) is -0.514. The van der Waals surface area contributed by atoms with Crippen molar-refractivity contribution >= 4 is 5.78 Å². The van der Waals surface area contributed by atoms with Crippen LogP contribution >= 0.6 is 0 Å². The number of carbonyl (C=O) groups excluding carboxylic acids is 1. The van der Waals surface area contributed by atoms with E-state index < -0.39 is 35.6 Å². The SMILES string of the molecule is CC12CCC(O)CC1C(O)CC1C2C(O)CC2(C)C1CCC2(O)C(=O)CO. The normalized spacial score (nSPS) is 57.5. The lowest BCUT2D eigenvalue weighted by molar-refractivity contribution is -0.222. The maximum Gasteiger partial charge on any atom is 0.190 e. The zero-order chi connectivity index (χ0) is 19.8. The van der Waals surface area contributed by atoms with Crippen LogP contribution in [0.15, 0.2) is 0 Å². The molecule has 27 heavy (non-hydrogen) atoms. The van der Waals surface area contributed by atoms with Gasteiger partial charge in [0.2, 0.25) is 0 Å². The Morgan fingerprint density at radius 1 is 1.00 bits per heavy atom. The van der Waals surface area contributed by atoms with E-state index in [1.54, 1.807) is 0 Å². The minimum absolute atomic E-state index is 0.00283. The lowest BCUT2D eigenvalue weighted by atomic mass is 9.43. The van der Waals surface area contributed by atoms with Crippen LogP contribution in [0.25, 0.3) is 0 Å². The van der Waals surface area contributed by atoms with Gasteiger partial charge in [-0.3, -0.25) is 4.79 Å². The van der Waals surface area contributed by atoms with Crippen molar-refractivity contribution in [1.82, 2.24) is 0 Å². The van der Waals surface area contributed by atoms with E-state index in [2.05, 4.69) is 6.92 Å². The number of aliphatic hydroxyl groups is 5. The number of hydrogen-bond acceptors (Lipinski definition) is 6. The van der Waals surface area contributed by atoms with Crippen LogP contribution in [0.1, 0.15) is 58.8 Å². The molecule has 0 aliphatic heterocycles. The molecule has 0 aromatic carbocycles. The Labute approximate surface area is 160 Å². The summed E-state index contributed by atoms with van der Waals surface area (Å²) in [5, 5.41) is 52.9. The van der Waals surface area contributed by atoms with Gasteiger partial charge >= 0.3 is 0 Å². The molecule has 10 atom stereocenters. The van der Waals surface area contributed by atoms with Gasteiger partial charge in [-0.1, -0.05) is 13.8 Å². The molecule has 0 heterocycles. The molecule has 0 saturated heterocycles. The molecule has 6 nitrogen and oxygen atoms in total. The van der Waals surface area contributed by atoms with Gasteiger partial charge in [-0.15, -0.1) is 0 Å². The van der Waals surface area contributed by atoms with Gasteiger partial charge in [-0.05, 0) is 74.0 Å². The lowest BCUT2D eigenvalue weighted by Crippen LogP contribution is -2.65. The molecule has 4 fully saturated rings. The smallest absolute Gasteiger partial charge is 0.190 e. The average molecular weight is 382 g/mol. The van der Waals surface area contributed by atoms with Gasteiger partial charge in [0.25, 0.3) is 0 Å². The van der Waals surface area contributed by atoms with Crippen molar-refractivity contribution in [3.8, 4) is 0 Å². The molecule has 6 heteroatoms. The number of aliphatic hydroxyl groups excluding tert-OH is 4. The van der Waals surface area contributed by atoms with Crippen molar-refractivity contribution in [3.05, 3.63) is 0 Å². The molecule has 154 valence electrons. The third-order valence-corrected chi connectivity index (χ3v) is 9.34. The first kappa shape index (κ1) is 19.8. The van der Waals surface area contributed by atoms with Crippen LogP contribution in [0.5, 0.6) is 0 Å². The van der Waals surface area contributed by atoms with Gasteiger partial charge in [0.15, 0.2) is 5.78 Å². The summed E-state index contributed by atoms with van der Waals surface area (Å²) in [7, 11) is 0. The minimum Gasteiger partial charge on any atom is -0.393 e. The van der Waals surface area contributed by atoms with E-state index in [4.69, 9.17) is 0 Å². The summed E-state index contributed by atoms with van der Waals surface area (Å²) in [6.45, 7) is 3.34. The van der Waals surface area contributed by atoms with Crippen molar-refractivity contribution in [1.29, 1.82) is 0 Å². The van der Waals surface area contributed by atoms with Crippen LogP contribution in [0, 0.1) is 34.5 Å². The monoisotopic (exact) mass is 382 g/mol. The van der Waals surface area contributed by atoms with E-state index in [9.17, 15) is 30.3 Å². The van der Waals surface area contributed by atoms with Crippen LogP contribution < -0.4 is 0 Å². The standard InChI is InChI=1S/C21H34O6/c1-19-5-3-11(23)7-14(19)15(24)8-12-13-4-6-21(27,17(26)10-22)20(13,2)9-16(25)18(12)19/h11-16,18,22-25,27H,3-10H2,1-2H3. The zero-order valence-electron chi connectivity index (χ0n) is 16.3. The fourth-order valence-corrected chi connectivity index (χ4v) is 8.00. The van der Waals surface area contributed by atoms with Crippen molar-refractivity contribution in [2.24, 2.45) is 34.5 Å². The maximum absolute atomic E-state index is 12.4. The summed E-state index contributed by atoms with van der Waals surface area (Å²) in [6.07, 6.45) is 2.29. The highest BCUT2D eigenvalue weighted by atomic mass is 16.3. The molecule has 0 radical (unpaired) electrons. The number of ketones is 1. The van der Waals surface area contributed by atoms with Gasteiger partial charge in [-0.2, -0.15) is 0 Å². The topological polar surface area (TPSA) is 118 Å². The summed E-state index contributed by atoms with van der Waals surface area (Å²) in [4.78, 5) is 12.4. The highest BCUT2D eigenvalue weighted by molar-refractivity contribution is 5.89. The number of carbonyl (C=O) groups is 1. The van der Waals surface area contributed by atoms with Crippen molar-refractivity contribution in [2.75, 3.05) is 6.61 Å². The first-order valence-electron chi connectivity index (χ1n) is 10.5. The van der Waals surface area contributed by atoms with Gasteiger partial charge in [0, 0.05) is 5.41 Å². The second-order valence-corrected chi connectivity index (χ2v) is 10.3. The molecule has 5 N–H and O–H groups in total. The van der Waals surface area contributed by atoms with Crippen LogP contribution in [0.3, 0.4) is 0 Å². The average Bonchev–Trinajstić information content (AvgIpc) is 2.87. The van der Waals surface area contributed by atoms with Gasteiger partial charge in [-0.25, -0.2) is 0 Å². The molecule has 0 amide bonds. The lowest BCUT2D eigenvalue weighted by Gasteiger charge is -2.63. The first-order valence-corrected chi connectivity index (χ1v) is 10.5. The van der Waals surface area contributed by atoms with Crippen molar-refractivity contribution in [3.63, 3.8) is 0 Å². The minimum atomic E-state index is -1.61. The third-order valence-electron chi connectivity index (χ3n) is 9.34. The Morgan fingerprint density at radius 2 is 1.70 bits per heavy atom. The molecule has 0 aromatic rings. The van der Waals surface area contributed by atoms with E-state index in [1.165, 1.54) is 0 Å². The predicted octanol–water partition coefficient (Wildman–Crippen LogP) is 0.624. The fraction of sp³-hybridized carbons (Fsp3) is 0.952. The van der Waals surface area contributed by atoms with Gasteiger partial charge in [0.1, 0.15) is 12.2 Å². The molecule has 0 spiro atoms. The Kier molecular flexibility index (Phi) is 4.56. The predicted molar refractivity (Wildman–Crippen MR) is 97.6 cm³/mol.